The minimum Gasteiger partial charge on any atom is -0.493 e. The predicted molar refractivity (Wildman–Crippen MR) is 194 cm³/mol. The highest BCUT2D eigenvalue weighted by molar-refractivity contribution is 7.46. The van der Waals surface area contributed by atoms with E-state index >= 15 is 0 Å². The van der Waals surface area contributed by atoms with Gasteiger partial charge in [0.05, 0.1) is 23.2 Å². The number of benzene rings is 2. The molecule has 0 bridgehead atoms. The zero-order valence-corrected chi connectivity index (χ0v) is 31.8. The second-order valence-electron chi connectivity index (χ2n) is 14.6. The number of halogens is 2. The molecule has 1 fully saturated rings. The van der Waals surface area contributed by atoms with Gasteiger partial charge in [0.1, 0.15) is 36.1 Å². The highest BCUT2D eigenvalue weighted by atomic mass is 32.1. The Labute approximate surface area is 304 Å². The molecular weight excluding hydrogens is 719 g/mol. The van der Waals surface area contributed by atoms with Gasteiger partial charge < -0.3 is 40.0 Å². The van der Waals surface area contributed by atoms with Gasteiger partial charge in [-0.1, -0.05) is 58.9 Å². The molecule has 1 aliphatic rings. The number of aldehydes is 1. The summed E-state index contributed by atoms with van der Waals surface area (Å²) in [5.41, 5.74) is -1.87. The highest BCUT2D eigenvalue weighted by Crippen LogP contribution is 2.53. The summed E-state index contributed by atoms with van der Waals surface area (Å²) in [6.07, 6.45) is 2.64. The van der Waals surface area contributed by atoms with Crippen molar-refractivity contribution in [2.24, 2.45) is 10.8 Å². The summed E-state index contributed by atoms with van der Waals surface area (Å²) in [6, 6.07) is 5.69. The van der Waals surface area contributed by atoms with Gasteiger partial charge in [-0.05, 0) is 36.0 Å². The summed E-state index contributed by atoms with van der Waals surface area (Å²) in [5.74, 6) is -1.11. The number of methoxy groups -OCH3 is 1. The molecular formula is C34H44F2N7O7PS. The Morgan fingerprint density at radius 3 is 2.50 bits per heavy atom. The van der Waals surface area contributed by atoms with Gasteiger partial charge in [-0.3, -0.25) is 0 Å². The van der Waals surface area contributed by atoms with E-state index < -0.39 is 48.0 Å². The third-order valence-corrected chi connectivity index (χ3v) is 10.5. The Kier molecular flexibility index (Phi) is 11.3. The molecule has 14 nitrogen and oxygen atoms in total. The number of thiazole rings is 1. The number of hydrogen-bond donors (Lipinski definition) is 5. The standard InChI is InChI=1S/C34H44F2N7O7PS/c1-19(34(33(5,6)7)30(32(2,3)4)37-12-13-43(34)50-51(45,46)47)49-26-15-23-20(14-25(26)48-8)29(40-18-39-23)42-31-38-16-27(52-31)24(17-44)41-22-11-9-10-21(35)28(22)36/h9-11,14-19,24,30,37,41H,12-13H2,1-8H3,(H2,45,46,47)(H,38,39,40,42). The van der Waals surface area contributed by atoms with E-state index in [1.54, 1.807) is 12.1 Å². The summed E-state index contributed by atoms with van der Waals surface area (Å²) in [5, 5.41) is 11.7. The Balaban J connectivity index is 1.48. The van der Waals surface area contributed by atoms with Gasteiger partial charge in [0.25, 0.3) is 0 Å². The quantitative estimate of drug-likeness (QED) is 0.0794. The fourth-order valence-corrected chi connectivity index (χ4v) is 8.39. The van der Waals surface area contributed by atoms with Crippen LogP contribution in [-0.2, 0) is 14.0 Å². The maximum Gasteiger partial charge on any atom is 0.486 e. The van der Waals surface area contributed by atoms with E-state index in [0.29, 0.717) is 51.1 Å². The number of nitrogens with one attached hydrogen (secondary N) is 3. The second kappa shape index (κ2) is 14.9. The molecule has 4 aromatic rings. The van der Waals surface area contributed by atoms with E-state index in [1.807, 2.05) is 48.5 Å². The Morgan fingerprint density at radius 2 is 1.87 bits per heavy atom. The molecule has 4 unspecified atom stereocenters. The van der Waals surface area contributed by atoms with Gasteiger partial charge in [-0.25, -0.2) is 28.3 Å². The first-order valence-electron chi connectivity index (χ1n) is 16.4. The lowest BCUT2D eigenvalue weighted by atomic mass is 9.59. The number of piperazine rings is 1. The SMILES string of the molecule is COc1cc2c(Nc3ncc(C(C=O)Nc4cccc(F)c4F)s3)ncnc2cc1OC(C)C1(C(C)(C)C)C(C(C)(C)C)NCCN1OP(=O)(O)O. The average Bonchev–Trinajstić information content (AvgIpc) is 3.51. The Morgan fingerprint density at radius 1 is 1.13 bits per heavy atom. The molecule has 2 aromatic heterocycles. The van der Waals surface area contributed by atoms with Gasteiger partial charge >= 0.3 is 7.82 Å². The van der Waals surface area contributed by atoms with Crippen LogP contribution < -0.4 is 25.4 Å². The fourth-order valence-electron chi connectivity index (χ4n) is 7.09. The summed E-state index contributed by atoms with van der Waals surface area (Å²) in [6.45, 7) is 14.5. The van der Waals surface area contributed by atoms with Crippen LogP contribution in [0.25, 0.3) is 10.9 Å². The van der Waals surface area contributed by atoms with E-state index in [1.165, 1.54) is 36.8 Å². The summed E-state index contributed by atoms with van der Waals surface area (Å²) < 4.78 is 58.2. The number of carbonyl (C=O) groups excluding carboxylic acids is 1. The molecule has 282 valence electrons. The largest absolute Gasteiger partial charge is 0.493 e. The molecule has 0 aliphatic carbocycles. The van der Waals surface area contributed by atoms with Crippen molar-refractivity contribution in [1.82, 2.24) is 25.3 Å². The first kappa shape index (κ1) is 39.4. The summed E-state index contributed by atoms with van der Waals surface area (Å²) in [4.78, 5) is 45.5. The van der Waals surface area contributed by atoms with Crippen LogP contribution in [0.15, 0.2) is 42.9 Å². The highest BCUT2D eigenvalue weighted by Gasteiger charge is 2.63. The monoisotopic (exact) mass is 763 g/mol. The maximum atomic E-state index is 14.3. The van der Waals surface area contributed by atoms with Crippen LogP contribution in [0.3, 0.4) is 0 Å². The number of phosphoric acid groups is 1. The zero-order chi connectivity index (χ0) is 38.2. The lowest BCUT2D eigenvalue weighted by Gasteiger charge is -2.62. The Hall–Kier alpha value is -3.83. The molecule has 3 heterocycles. The van der Waals surface area contributed by atoms with E-state index in [9.17, 15) is 27.9 Å². The molecule has 0 radical (unpaired) electrons. The summed E-state index contributed by atoms with van der Waals surface area (Å²) >= 11 is 1.12. The Bertz CT molecular complexity index is 1970. The van der Waals surface area contributed by atoms with Crippen LogP contribution in [0.5, 0.6) is 11.5 Å². The second-order valence-corrected chi connectivity index (χ2v) is 16.8. The minimum atomic E-state index is -4.95. The van der Waals surface area contributed by atoms with Crippen molar-refractivity contribution in [3.8, 4) is 11.5 Å². The van der Waals surface area contributed by atoms with Crippen LogP contribution >= 0.6 is 19.2 Å². The number of aromatic nitrogens is 3. The molecule has 5 N–H and O–H groups in total. The molecule has 0 spiro atoms. The van der Waals surface area contributed by atoms with Crippen LogP contribution in [0.1, 0.15) is 59.4 Å². The van der Waals surface area contributed by atoms with Crippen LogP contribution in [-0.4, -0.2) is 74.0 Å². The van der Waals surface area contributed by atoms with Crippen molar-refractivity contribution >= 4 is 53.0 Å². The smallest absolute Gasteiger partial charge is 0.486 e. The van der Waals surface area contributed by atoms with E-state index in [0.717, 1.165) is 17.4 Å². The van der Waals surface area contributed by atoms with Gasteiger partial charge in [0.2, 0.25) is 0 Å². The van der Waals surface area contributed by atoms with Crippen molar-refractivity contribution in [2.75, 3.05) is 30.8 Å². The van der Waals surface area contributed by atoms with Gasteiger partial charge in [-0.2, -0.15) is 9.69 Å². The van der Waals surface area contributed by atoms with Crippen molar-refractivity contribution in [2.45, 2.75) is 72.2 Å². The van der Waals surface area contributed by atoms with Crippen molar-refractivity contribution in [3.05, 3.63) is 59.4 Å². The number of anilines is 3. The summed E-state index contributed by atoms with van der Waals surface area (Å²) in [7, 11) is -3.47. The van der Waals surface area contributed by atoms with Crippen LogP contribution in [0, 0.1) is 22.5 Å². The number of nitrogens with zero attached hydrogens (tertiary/aromatic N) is 4. The average molecular weight is 764 g/mol. The van der Waals surface area contributed by atoms with Crippen LogP contribution in [0.4, 0.5) is 25.4 Å². The number of hydroxylamine groups is 2. The van der Waals surface area contributed by atoms with Crippen molar-refractivity contribution < 1.29 is 42.0 Å². The number of hydrogen-bond acceptors (Lipinski definition) is 13. The van der Waals surface area contributed by atoms with E-state index in [2.05, 4.69) is 30.9 Å². The third kappa shape index (κ3) is 7.90. The number of ether oxygens (including phenoxy) is 2. The first-order valence-corrected chi connectivity index (χ1v) is 18.8. The first-order chi connectivity index (χ1) is 24.3. The van der Waals surface area contributed by atoms with Crippen LogP contribution in [0.2, 0.25) is 0 Å². The molecule has 4 atom stereocenters. The third-order valence-electron chi connectivity index (χ3n) is 9.09. The number of fused-ring (bicyclic) bond motifs is 1. The van der Waals surface area contributed by atoms with Gasteiger partial charge in [0, 0.05) is 36.8 Å². The minimum absolute atomic E-state index is 0.162. The number of carbonyl (C=O) groups is 1. The fraction of sp³-hybridized carbons (Fsp3) is 0.471. The molecule has 2 aromatic carbocycles. The molecule has 0 amide bonds. The molecule has 5 rings (SSSR count). The molecule has 0 saturated carbocycles. The van der Waals surface area contributed by atoms with E-state index in [4.69, 9.17) is 14.1 Å². The molecule has 1 aliphatic heterocycles. The molecule has 52 heavy (non-hydrogen) atoms. The van der Waals surface area contributed by atoms with Crippen molar-refractivity contribution in [3.63, 3.8) is 0 Å². The van der Waals surface area contributed by atoms with E-state index in [-0.39, 0.29) is 18.3 Å². The van der Waals surface area contributed by atoms with Gasteiger partial charge in [-0.15, -0.1) is 0 Å². The topological polar surface area (TPSA) is 180 Å². The lowest BCUT2D eigenvalue weighted by Crippen LogP contribution is -2.79. The number of rotatable bonds is 12. The lowest BCUT2D eigenvalue weighted by molar-refractivity contribution is -0.258. The normalized spacial score (nSPS) is 20.0. The molecule has 1 saturated heterocycles. The van der Waals surface area contributed by atoms with Crippen molar-refractivity contribution in [1.29, 1.82) is 0 Å². The zero-order valence-electron chi connectivity index (χ0n) is 30.1. The maximum absolute atomic E-state index is 14.3. The predicted octanol–water partition coefficient (Wildman–Crippen LogP) is 6.37. The molecule has 18 heteroatoms. The van der Waals surface area contributed by atoms with Gasteiger partial charge in [0.15, 0.2) is 28.3 Å².